The first-order valence-corrected chi connectivity index (χ1v) is 5.14. The molecule has 0 N–H and O–H groups in total. The van der Waals surface area contributed by atoms with Gasteiger partial charge in [-0.25, -0.2) is 0 Å². The van der Waals surface area contributed by atoms with Crippen molar-refractivity contribution in [1.29, 1.82) is 0 Å². The van der Waals surface area contributed by atoms with Crippen molar-refractivity contribution in [3.63, 3.8) is 0 Å². The molecule has 5 heteroatoms. The minimum absolute atomic E-state index is 0. The van der Waals surface area contributed by atoms with Crippen LogP contribution in [0.15, 0.2) is 24.3 Å². The second-order valence-electron chi connectivity index (χ2n) is 3.84. The average Bonchev–Trinajstić information content (AvgIpc) is 2.19. The van der Waals surface area contributed by atoms with E-state index in [1.54, 1.807) is 24.3 Å². The van der Waals surface area contributed by atoms with Gasteiger partial charge in [-0.2, -0.15) is 0 Å². The topological polar surface area (TPSA) is 52.6 Å². The number of rotatable bonds is 6. The molecule has 0 aliphatic rings. The molecule has 1 rings (SSSR count). The molecular weight excluding hydrogens is 229 g/mol. The second kappa shape index (κ2) is 8.53. The molecule has 0 spiro atoms. The first kappa shape index (κ1) is 16.4. The van der Waals surface area contributed by atoms with Gasteiger partial charge < -0.3 is 19.5 Å². The molecule has 1 aromatic rings. The van der Waals surface area contributed by atoms with Crippen LogP contribution in [-0.4, -0.2) is 38.1 Å². The Hall–Kier alpha value is -0.550. The molecule has 0 heterocycles. The van der Waals surface area contributed by atoms with Crippen molar-refractivity contribution in [2.45, 2.75) is 6.42 Å². The predicted octanol–water partition coefficient (Wildman–Crippen LogP) is -3.08. The number of hydrogen-bond acceptors (Lipinski definition) is 4. The molecule has 88 valence electrons. The number of likely N-dealkylation sites (N-methyl/N-ethyl adjacent to an activating group) is 1. The quantitative estimate of drug-likeness (QED) is 0.499. The molecule has 0 aliphatic heterocycles. The largest absolute Gasteiger partial charge is 1.00 e. The fourth-order valence-electron chi connectivity index (χ4n) is 1.22. The number of carbonyl (C=O) groups is 1. The molecule has 0 radical (unpaired) electrons. The van der Waals surface area contributed by atoms with Crippen molar-refractivity contribution < 1.29 is 44.2 Å². The van der Waals surface area contributed by atoms with E-state index in [1.165, 1.54) is 0 Å². The Morgan fingerprint density at radius 2 is 1.88 bits per heavy atom. The van der Waals surface area contributed by atoms with Crippen LogP contribution < -0.4 is 39.4 Å². The molecule has 17 heavy (non-hydrogen) atoms. The van der Waals surface area contributed by atoms with Gasteiger partial charge in [0, 0.05) is 18.9 Å². The molecule has 1 aromatic carbocycles. The molecule has 0 aliphatic carbocycles. The Balaban J connectivity index is 0.00000256. The van der Waals surface area contributed by atoms with Crippen LogP contribution in [0.2, 0.25) is 0 Å². The number of benzene rings is 1. The van der Waals surface area contributed by atoms with Gasteiger partial charge >= 0.3 is 29.6 Å². The minimum Gasteiger partial charge on any atom is -0.550 e. The van der Waals surface area contributed by atoms with Crippen LogP contribution >= 0.6 is 0 Å². The summed E-state index contributed by atoms with van der Waals surface area (Å²) in [5, 5.41) is 10.4. The monoisotopic (exact) mass is 245 g/mol. The van der Waals surface area contributed by atoms with Crippen LogP contribution in [0.25, 0.3) is 0 Å². The van der Waals surface area contributed by atoms with Crippen molar-refractivity contribution in [1.82, 2.24) is 4.90 Å². The molecule has 0 unspecified atom stereocenters. The van der Waals surface area contributed by atoms with E-state index in [1.807, 2.05) is 19.0 Å². The third kappa shape index (κ3) is 7.39. The number of ether oxygens (including phenoxy) is 1. The molecule has 0 saturated carbocycles. The molecule has 0 atom stereocenters. The van der Waals surface area contributed by atoms with Gasteiger partial charge in [0.15, 0.2) is 0 Å². The molecule has 0 amide bonds. The van der Waals surface area contributed by atoms with Crippen LogP contribution in [0.1, 0.15) is 5.56 Å². The van der Waals surface area contributed by atoms with Crippen LogP contribution in [0.4, 0.5) is 0 Å². The van der Waals surface area contributed by atoms with E-state index >= 15 is 0 Å². The summed E-state index contributed by atoms with van der Waals surface area (Å²) in [5.41, 5.74) is 0.722. The van der Waals surface area contributed by atoms with E-state index < -0.39 is 5.97 Å². The Kier molecular flexibility index (Phi) is 8.25. The summed E-state index contributed by atoms with van der Waals surface area (Å²) in [7, 11) is 3.96. The van der Waals surface area contributed by atoms with E-state index in [2.05, 4.69) is 0 Å². The second-order valence-corrected chi connectivity index (χ2v) is 3.84. The zero-order valence-corrected chi connectivity index (χ0v) is 12.6. The van der Waals surface area contributed by atoms with Gasteiger partial charge in [0.05, 0.1) is 0 Å². The van der Waals surface area contributed by atoms with Crippen molar-refractivity contribution in [3.8, 4) is 5.75 Å². The van der Waals surface area contributed by atoms with E-state index in [0.717, 1.165) is 17.9 Å². The molecule has 0 aromatic heterocycles. The maximum atomic E-state index is 10.4. The molecule has 4 nitrogen and oxygen atoms in total. The average molecular weight is 245 g/mol. The number of nitrogens with zero attached hydrogens (tertiary/aromatic N) is 1. The van der Waals surface area contributed by atoms with E-state index in [4.69, 9.17) is 4.74 Å². The van der Waals surface area contributed by atoms with Gasteiger partial charge in [0.1, 0.15) is 12.4 Å². The van der Waals surface area contributed by atoms with E-state index in [-0.39, 0.29) is 36.0 Å². The molecule has 0 fully saturated rings. The SMILES string of the molecule is CN(C)CCOc1ccc(CC(=O)[O-])cc1.[Na+]. The predicted molar refractivity (Wildman–Crippen MR) is 59.2 cm³/mol. The third-order valence-corrected chi connectivity index (χ3v) is 2.08. The Labute approximate surface area is 124 Å². The van der Waals surface area contributed by atoms with Crippen LogP contribution in [0, 0.1) is 0 Å². The minimum atomic E-state index is -1.07. The Morgan fingerprint density at radius 1 is 1.29 bits per heavy atom. The summed E-state index contributed by atoms with van der Waals surface area (Å²) in [5.74, 6) is -0.315. The summed E-state index contributed by atoms with van der Waals surface area (Å²) in [4.78, 5) is 12.4. The number of carbonyl (C=O) groups excluding carboxylic acids is 1. The number of carboxylic acids is 1. The fourth-order valence-corrected chi connectivity index (χ4v) is 1.22. The first-order valence-electron chi connectivity index (χ1n) is 5.14. The van der Waals surface area contributed by atoms with Gasteiger partial charge in [-0.15, -0.1) is 0 Å². The van der Waals surface area contributed by atoms with Crippen molar-refractivity contribution >= 4 is 5.97 Å². The number of carboxylic acid groups (broad SMARTS) is 1. The van der Waals surface area contributed by atoms with E-state index in [0.29, 0.717) is 6.61 Å². The van der Waals surface area contributed by atoms with Crippen LogP contribution in [0.3, 0.4) is 0 Å². The standard InChI is InChI=1S/C12H17NO3.Na/c1-13(2)7-8-16-11-5-3-10(4-6-11)9-12(14)15;/h3-6H,7-9H2,1-2H3,(H,14,15);/q;+1/p-1. The van der Waals surface area contributed by atoms with Gasteiger partial charge in [-0.05, 0) is 31.8 Å². The molecular formula is C12H16NNaO3. The first-order chi connectivity index (χ1) is 7.58. The van der Waals surface area contributed by atoms with Crippen molar-refractivity contribution in [2.75, 3.05) is 27.2 Å². The Morgan fingerprint density at radius 3 is 2.35 bits per heavy atom. The molecule has 0 saturated heterocycles. The van der Waals surface area contributed by atoms with Crippen molar-refractivity contribution in [3.05, 3.63) is 29.8 Å². The summed E-state index contributed by atoms with van der Waals surface area (Å²) in [6.07, 6.45) is -0.0576. The van der Waals surface area contributed by atoms with Crippen LogP contribution in [0.5, 0.6) is 5.75 Å². The van der Waals surface area contributed by atoms with E-state index in [9.17, 15) is 9.90 Å². The zero-order chi connectivity index (χ0) is 12.0. The van der Waals surface area contributed by atoms with Gasteiger partial charge in [-0.1, -0.05) is 12.1 Å². The maximum Gasteiger partial charge on any atom is 1.00 e. The summed E-state index contributed by atoms with van der Waals surface area (Å²) in [6, 6.07) is 7.02. The van der Waals surface area contributed by atoms with Crippen LogP contribution in [-0.2, 0) is 11.2 Å². The van der Waals surface area contributed by atoms with Gasteiger partial charge in [-0.3, -0.25) is 0 Å². The maximum absolute atomic E-state index is 10.4. The summed E-state index contributed by atoms with van der Waals surface area (Å²) >= 11 is 0. The van der Waals surface area contributed by atoms with Gasteiger partial charge in [0.25, 0.3) is 0 Å². The number of aliphatic carboxylic acids is 1. The Bertz CT molecular complexity index is 338. The zero-order valence-electron chi connectivity index (χ0n) is 10.6. The smallest absolute Gasteiger partial charge is 0.550 e. The third-order valence-electron chi connectivity index (χ3n) is 2.08. The molecule has 0 bridgehead atoms. The van der Waals surface area contributed by atoms with Gasteiger partial charge in [0.2, 0.25) is 0 Å². The number of hydrogen-bond donors (Lipinski definition) is 0. The van der Waals surface area contributed by atoms with Crippen molar-refractivity contribution in [2.24, 2.45) is 0 Å². The summed E-state index contributed by atoms with van der Waals surface area (Å²) < 4.78 is 5.47. The normalized spacial score (nSPS) is 9.82. The fraction of sp³-hybridized carbons (Fsp3) is 0.417. The summed E-state index contributed by atoms with van der Waals surface area (Å²) in [6.45, 7) is 1.47.